The molecule has 0 radical (unpaired) electrons. The molecule has 0 saturated heterocycles. The van der Waals surface area contributed by atoms with E-state index in [0.717, 1.165) is 0 Å². The van der Waals surface area contributed by atoms with Gasteiger partial charge < -0.3 is 24.8 Å². The minimum absolute atomic E-state index is 0. The SMILES string of the molecule is [Ag+].[Cl-].[Cl-].[Ti+4]. The summed E-state index contributed by atoms with van der Waals surface area (Å²) in [5.41, 5.74) is 0. The average Bonchev–Trinajstić information content (AvgIpc) is 0. The molecule has 0 spiro atoms. The van der Waals surface area contributed by atoms with Gasteiger partial charge in [0.2, 0.25) is 0 Å². The zero-order valence-corrected chi connectivity index (χ0v) is 6.11. The minimum atomic E-state index is 0. The van der Waals surface area contributed by atoms with Crippen molar-refractivity contribution < 1.29 is 68.9 Å². The third-order valence-corrected chi connectivity index (χ3v) is 0. The van der Waals surface area contributed by atoms with Crippen LogP contribution in [0.5, 0.6) is 0 Å². The molecule has 4 heavy (non-hydrogen) atoms. The fourth-order valence-electron chi connectivity index (χ4n) is 0. The fourth-order valence-corrected chi connectivity index (χ4v) is 0. The van der Waals surface area contributed by atoms with E-state index < -0.39 is 0 Å². The van der Waals surface area contributed by atoms with Gasteiger partial charge in [0.15, 0.2) is 0 Å². The van der Waals surface area contributed by atoms with Gasteiger partial charge in [0.25, 0.3) is 0 Å². The van der Waals surface area contributed by atoms with Crippen LogP contribution in [0.2, 0.25) is 0 Å². The number of rotatable bonds is 0. The van der Waals surface area contributed by atoms with Gasteiger partial charge in [0.1, 0.15) is 0 Å². The van der Waals surface area contributed by atoms with Crippen LogP contribution in [-0.2, 0) is 44.1 Å². The molecule has 0 saturated carbocycles. The summed E-state index contributed by atoms with van der Waals surface area (Å²) in [7, 11) is 0. The Morgan fingerprint density at radius 2 is 0.750 bits per heavy atom. The van der Waals surface area contributed by atoms with Gasteiger partial charge in [-0.05, 0) is 0 Å². The van der Waals surface area contributed by atoms with Gasteiger partial charge >= 0.3 is 44.1 Å². The van der Waals surface area contributed by atoms with Crippen LogP contribution >= 0.6 is 0 Å². The van der Waals surface area contributed by atoms with Crippen LogP contribution in [-0.4, -0.2) is 0 Å². The van der Waals surface area contributed by atoms with Crippen molar-refractivity contribution in [1.29, 1.82) is 0 Å². The Hall–Kier alpha value is 2.03. The van der Waals surface area contributed by atoms with E-state index in [4.69, 9.17) is 0 Å². The molecule has 0 rings (SSSR count). The van der Waals surface area contributed by atoms with E-state index in [1.165, 1.54) is 0 Å². The van der Waals surface area contributed by atoms with Gasteiger partial charge in [-0.15, -0.1) is 0 Å². The van der Waals surface area contributed by atoms with Gasteiger partial charge in [-0.2, -0.15) is 0 Å². The van der Waals surface area contributed by atoms with Gasteiger partial charge in [0.05, 0.1) is 0 Å². The third kappa shape index (κ3) is 8.98. The smallest absolute Gasteiger partial charge is 1.00 e. The van der Waals surface area contributed by atoms with Crippen molar-refractivity contribution in [2.75, 3.05) is 0 Å². The minimum Gasteiger partial charge on any atom is -1.00 e. The summed E-state index contributed by atoms with van der Waals surface area (Å²) in [4.78, 5) is 0. The maximum absolute atomic E-state index is 0. The van der Waals surface area contributed by atoms with Crippen molar-refractivity contribution in [3.63, 3.8) is 0 Å². The summed E-state index contributed by atoms with van der Waals surface area (Å²) in [6, 6.07) is 0. The molecule has 0 aromatic carbocycles. The molecular formula is AgCl2Ti+3. The Morgan fingerprint density at radius 1 is 0.750 bits per heavy atom. The molecule has 0 unspecified atom stereocenters. The summed E-state index contributed by atoms with van der Waals surface area (Å²) in [6.45, 7) is 0. The molecule has 0 atom stereocenters. The molecule has 0 aliphatic rings. The first kappa shape index (κ1) is 37.0. The first-order chi connectivity index (χ1) is 0. The number of halogens is 2. The number of hydrogen-bond acceptors (Lipinski definition) is 0. The van der Waals surface area contributed by atoms with Crippen LogP contribution in [0.1, 0.15) is 0 Å². The summed E-state index contributed by atoms with van der Waals surface area (Å²) in [5.74, 6) is 0. The topological polar surface area (TPSA) is 0 Å². The van der Waals surface area contributed by atoms with Crippen molar-refractivity contribution in [2.45, 2.75) is 0 Å². The molecule has 0 nitrogen and oxygen atoms in total. The average molecular weight is 227 g/mol. The number of hydrogen-bond donors (Lipinski definition) is 0. The Morgan fingerprint density at radius 3 is 0.750 bits per heavy atom. The van der Waals surface area contributed by atoms with Crippen molar-refractivity contribution in [3.8, 4) is 0 Å². The molecule has 0 bridgehead atoms. The van der Waals surface area contributed by atoms with Gasteiger partial charge in [-0.25, -0.2) is 0 Å². The third-order valence-electron chi connectivity index (χ3n) is 0. The van der Waals surface area contributed by atoms with E-state index in [0.29, 0.717) is 0 Å². The Labute approximate surface area is 68.3 Å². The molecule has 0 heterocycles. The predicted octanol–water partition coefficient (Wildman–Crippen LogP) is -6.00. The van der Waals surface area contributed by atoms with Crippen LogP contribution in [0.3, 0.4) is 0 Å². The summed E-state index contributed by atoms with van der Waals surface area (Å²) < 4.78 is 0. The van der Waals surface area contributed by atoms with Crippen molar-refractivity contribution in [2.24, 2.45) is 0 Å². The van der Waals surface area contributed by atoms with Crippen molar-refractivity contribution >= 4 is 0 Å². The van der Waals surface area contributed by atoms with Crippen molar-refractivity contribution in [3.05, 3.63) is 0 Å². The standard InChI is InChI=1S/Ag.2ClH.Ti/h;2*1H;/q+1;;;+4/p-2. The van der Waals surface area contributed by atoms with Gasteiger partial charge in [-0.1, -0.05) is 0 Å². The zero-order chi connectivity index (χ0) is 0. The van der Waals surface area contributed by atoms with Gasteiger partial charge in [-0.3, -0.25) is 0 Å². The Kier molecular flexibility index (Phi) is 183. The van der Waals surface area contributed by atoms with Crippen LogP contribution < -0.4 is 24.8 Å². The van der Waals surface area contributed by atoms with E-state index in [1.807, 2.05) is 0 Å². The first-order valence-corrected chi connectivity index (χ1v) is 0. The van der Waals surface area contributed by atoms with Crippen LogP contribution in [0.4, 0.5) is 0 Å². The quantitative estimate of drug-likeness (QED) is 0.361. The first-order valence-electron chi connectivity index (χ1n) is 0. The molecule has 0 amide bonds. The monoisotopic (exact) mass is 225 g/mol. The summed E-state index contributed by atoms with van der Waals surface area (Å²) in [5, 5.41) is 0. The second kappa shape index (κ2) is 19.8. The summed E-state index contributed by atoms with van der Waals surface area (Å²) in [6.07, 6.45) is 0. The van der Waals surface area contributed by atoms with Gasteiger partial charge in [0, 0.05) is 0 Å². The van der Waals surface area contributed by atoms with Crippen molar-refractivity contribution in [1.82, 2.24) is 0 Å². The molecule has 0 aliphatic heterocycles. The second-order valence-corrected chi connectivity index (χ2v) is 0. The molecular weight excluding hydrogens is 227 g/mol. The summed E-state index contributed by atoms with van der Waals surface area (Å²) >= 11 is 0. The largest absolute Gasteiger partial charge is 4.00 e. The molecule has 0 aromatic heterocycles. The normalized spacial score (nSPS) is 0. The molecule has 0 aliphatic carbocycles. The van der Waals surface area contributed by atoms with Crippen LogP contribution in [0.25, 0.3) is 0 Å². The molecule has 0 fully saturated rings. The van der Waals surface area contributed by atoms with E-state index in [2.05, 4.69) is 0 Å². The fraction of sp³-hybridized carbons (Fsp3) is 0. The van der Waals surface area contributed by atoms with Crippen LogP contribution in [0.15, 0.2) is 0 Å². The predicted molar refractivity (Wildman–Crippen MR) is 0 cm³/mol. The Balaban J connectivity index is 0. The van der Waals surface area contributed by atoms with E-state index >= 15 is 0 Å². The maximum Gasteiger partial charge on any atom is 4.00 e. The molecule has 4 heteroatoms. The van der Waals surface area contributed by atoms with E-state index in [9.17, 15) is 0 Å². The van der Waals surface area contributed by atoms with E-state index in [1.54, 1.807) is 0 Å². The maximum atomic E-state index is 0. The zero-order valence-electron chi connectivity index (χ0n) is 1.56. The second-order valence-electron chi connectivity index (χ2n) is 0. The van der Waals surface area contributed by atoms with E-state index in [-0.39, 0.29) is 68.9 Å². The molecule has 26 valence electrons. The molecule has 0 aromatic rings. The van der Waals surface area contributed by atoms with Crippen LogP contribution in [0, 0.1) is 0 Å². The molecule has 0 N–H and O–H groups in total. The Bertz CT molecular complexity index is 6.00.